The molecule has 0 aliphatic carbocycles. The van der Waals surface area contributed by atoms with E-state index in [-0.39, 0.29) is 0 Å². The Hall–Kier alpha value is -1.03. The average molecular weight is 268 g/mol. The molecule has 0 heterocycles. The number of unbranched alkanes of at least 4 members (excludes halogenated alkanes) is 1. The SMILES string of the molecule is C=CC(C)C(C)CCC/C=C/C#N.CC.CC.CC. The van der Waals surface area contributed by atoms with Crippen molar-refractivity contribution in [1.29, 1.82) is 5.26 Å². The highest BCUT2D eigenvalue weighted by Gasteiger charge is 2.06. The van der Waals surface area contributed by atoms with Crippen LogP contribution in [0.5, 0.6) is 0 Å². The van der Waals surface area contributed by atoms with Gasteiger partial charge in [-0.15, -0.1) is 6.58 Å². The fourth-order valence-electron chi connectivity index (χ4n) is 1.19. The van der Waals surface area contributed by atoms with Crippen molar-refractivity contribution in [3.05, 3.63) is 24.8 Å². The van der Waals surface area contributed by atoms with Gasteiger partial charge in [-0.05, 0) is 31.1 Å². The van der Waals surface area contributed by atoms with Gasteiger partial charge in [0.05, 0.1) is 6.07 Å². The van der Waals surface area contributed by atoms with Crippen LogP contribution in [-0.2, 0) is 0 Å². The normalized spacial score (nSPS) is 11.3. The Balaban J connectivity index is -0.000000163. The Morgan fingerprint density at radius 2 is 1.53 bits per heavy atom. The van der Waals surface area contributed by atoms with Crippen LogP contribution in [0.3, 0.4) is 0 Å². The number of nitrogens with zero attached hydrogens (tertiary/aromatic N) is 1. The predicted molar refractivity (Wildman–Crippen MR) is 91.2 cm³/mol. The van der Waals surface area contributed by atoms with Gasteiger partial charge in [-0.1, -0.05) is 67.5 Å². The maximum atomic E-state index is 8.25. The van der Waals surface area contributed by atoms with Crippen LogP contribution in [0.2, 0.25) is 0 Å². The molecule has 0 aromatic rings. The van der Waals surface area contributed by atoms with E-state index in [9.17, 15) is 0 Å². The molecule has 0 saturated heterocycles. The summed E-state index contributed by atoms with van der Waals surface area (Å²) in [6.07, 6.45) is 8.89. The van der Waals surface area contributed by atoms with Crippen LogP contribution >= 0.6 is 0 Å². The minimum atomic E-state index is 0.597. The van der Waals surface area contributed by atoms with Crippen LogP contribution in [0, 0.1) is 23.2 Å². The number of nitriles is 1. The maximum absolute atomic E-state index is 8.25. The van der Waals surface area contributed by atoms with Gasteiger partial charge in [-0.25, -0.2) is 0 Å². The molecule has 2 unspecified atom stereocenters. The summed E-state index contributed by atoms with van der Waals surface area (Å²) in [7, 11) is 0. The molecule has 0 amide bonds. The van der Waals surface area contributed by atoms with E-state index in [2.05, 4.69) is 20.4 Å². The number of hydrogen-bond donors (Lipinski definition) is 0. The van der Waals surface area contributed by atoms with Crippen molar-refractivity contribution in [2.75, 3.05) is 0 Å². The lowest BCUT2D eigenvalue weighted by Gasteiger charge is -2.14. The van der Waals surface area contributed by atoms with E-state index in [1.807, 2.05) is 59.8 Å². The van der Waals surface area contributed by atoms with E-state index in [0.29, 0.717) is 11.8 Å². The van der Waals surface area contributed by atoms with Crippen LogP contribution in [0.4, 0.5) is 0 Å². The molecule has 0 aliphatic rings. The zero-order chi connectivity index (χ0) is 16.1. The standard InChI is InChI=1S/C12H19N.3C2H6/c1-4-11(2)12(3)9-7-5-6-8-10-13;3*1-2/h4,6,8,11-12H,1,5,7,9H2,2-3H3;3*1-2H3/b8-6+;;;. The van der Waals surface area contributed by atoms with Gasteiger partial charge in [0.15, 0.2) is 0 Å². The third-order valence-electron chi connectivity index (χ3n) is 2.49. The molecular weight excluding hydrogens is 230 g/mol. The van der Waals surface area contributed by atoms with Crippen molar-refractivity contribution >= 4 is 0 Å². The Morgan fingerprint density at radius 1 is 1.05 bits per heavy atom. The van der Waals surface area contributed by atoms with E-state index < -0.39 is 0 Å². The van der Waals surface area contributed by atoms with Gasteiger partial charge >= 0.3 is 0 Å². The quantitative estimate of drug-likeness (QED) is 0.296. The van der Waals surface area contributed by atoms with E-state index >= 15 is 0 Å². The highest BCUT2D eigenvalue weighted by molar-refractivity contribution is 5.01. The first kappa shape index (κ1) is 26.5. The first-order valence-corrected chi connectivity index (χ1v) is 7.89. The van der Waals surface area contributed by atoms with Crippen LogP contribution in [-0.4, -0.2) is 0 Å². The molecule has 1 nitrogen and oxygen atoms in total. The van der Waals surface area contributed by atoms with E-state index in [0.717, 1.165) is 12.8 Å². The van der Waals surface area contributed by atoms with Crippen LogP contribution in [0.25, 0.3) is 0 Å². The summed E-state index contributed by atoms with van der Waals surface area (Å²) in [5, 5.41) is 8.25. The Kier molecular flexibility index (Phi) is 42.2. The van der Waals surface area contributed by atoms with Crippen molar-refractivity contribution in [3.8, 4) is 6.07 Å². The molecule has 0 spiro atoms. The second-order valence-corrected chi connectivity index (χ2v) is 3.53. The predicted octanol–water partition coefficient (Wildman–Crippen LogP) is 6.77. The summed E-state index contributed by atoms with van der Waals surface area (Å²) in [5.41, 5.74) is 0. The zero-order valence-corrected chi connectivity index (χ0v) is 14.7. The summed E-state index contributed by atoms with van der Waals surface area (Å²) in [5.74, 6) is 1.30. The second-order valence-electron chi connectivity index (χ2n) is 3.53. The molecular formula is C18H37N. The lowest BCUT2D eigenvalue weighted by atomic mass is 9.91. The highest BCUT2D eigenvalue weighted by atomic mass is 14.2. The molecule has 0 aromatic carbocycles. The van der Waals surface area contributed by atoms with E-state index in [1.165, 1.54) is 6.42 Å². The molecule has 0 rings (SSSR count). The van der Waals surface area contributed by atoms with Crippen molar-refractivity contribution in [2.24, 2.45) is 11.8 Å². The van der Waals surface area contributed by atoms with E-state index in [4.69, 9.17) is 5.26 Å². The van der Waals surface area contributed by atoms with Gasteiger partial charge in [0.2, 0.25) is 0 Å². The fourth-order valence-corrected chi connectivity index (χ4v) is 1.19. The Morgan fingerprint density at radius 3 is 1.89 bits per heavy atom. The molecule has 114 valence electrons. The Labute approximate surface area is 123 Å². The molecule has 0 radical (unpaired) electrons. The van der Waals surface area contributed by atoms with Crippen LogP contribution in [0.15, 0.2) is 24.8 Å². The first-order chi connectivity index (χ1) is 9.22. The molecule has 0 bridgehead atoms. The van der Waals surface area contributed by atoms with Crippen molar-refractivity contribution < 1.29 is 0 Å². The third kappa shape index (κ3) is 26.5. The molecule has 19 heavy (non-hydrogen) atoms. The van der Waals surface area contributed by atoms with Gasteiger partial charge in [-0.2, -0.15) is 5.26 Å². The summed E-state index contributed by atoms with van der Waals surface area (Å²) in [6, 6.07) is 1.99. The maximum Gasteiger partial charge on any atom is 0.0908 e. The fraction of sp³-hybridized carbons (Fsp3) is 0.722. The van der Waals surface area contributed by atoms with Gasteiger partial charge in [0, 0.05) is 6.08 Å². The zero-order valence-electron chi connectivity index (χ0n) is 14.7. The van der Waals surface area contributed by atoms with Crippen LogP contribution in [0.1, 0.15) is 74.7 Å². The summed E-state index contributed by atoms with van der Waals surface area (Å²) < 4.78 is 0. The minimum Gasteiger partial charge on any atom is -0.193 e. The van der Waals surface area contributed by atoms with Gasteiger partial charge in [0.1, 0.15) is 0 Å². The van der Waals surface area contributed by atoms with Gasteiger partial charge in [0.25, 0.3) is 0 Å². The molecule has 1 heteroatoms. The number of allylic oxidation sites excluding steroid dienone is 3. The molecule has 0 fully saturated rings. The van der Waals surface area contributed by atoms with E-state index in [1.54, 1.807) is 6.08 Å². The molecule has 0 aromatic heterocycles. The molecule has 0 saturated carbocycles. The van der Waals surface area contributed by atoms with Crippen molar-refractivity contribution in [1.82, 2.24) is 0 Å². The molecule has 0 N–H and O–H groups in total. The summed E-state index contributed by atoms with van der Waals surface area (Å²) in [4.78, 5) is 0. The molecule has 0 aliphatic heterocycles. The smallest absolute Gasteiger partial charge is 0.0908 e. The van der Waals surface area contributed by atoms with Crippen molar-refractivity contribution in [3.63, 3.8) is 0 Å². The van der Waals surface area contributed by atoms with Gasteiger partial charge < -0.3 is 0 Å². The molecule has 2 atom stereocenters. The van der Waals surface area contributed by atoms with Crippen LogP contribution < -0.4 is 0 Å². The summed E-state index contributed by atoms with van der Waals surface area (Å²) in [6.45, 7) is 20.2. The number of rotatable bonds is 6. The Bertz CT molecular complexity index is 198. The first-order valence-electron chi connectivity index (χ1n) is 7.89. The number of hydrogen-bond acceptors (Lipinski definition) is 1. The second kappa shape index (κ2) is 30.2. The van der Waals surface area contributed by atoms with Crippen molar-refractivity contribution in [2.45, 2.75) is 74.7 Å². The average Bonchev–Trinajstić information content (AvgIpc) is 2.52. The topological polar surface area (TPSA) is 23.8 Å². The lowest BCUT2D eigenvalue weighted by molar-refractivity contribution is 0.418. The monoisotopic (exact) mass is 267 g/mol. The third-order valence-corrected chi connectivity index (χ3v) is 2.49. The summed E-state index contributed by atoms with van der Waals surface area (Å²) >= 11 is 0. The highest BCUT2D eigenvalue weighted by Crippen LogP contribution is 2.18. The minimum absolute atomic E-state index is 0.597. The largest absolute Gasteiger partial charge is 0.193 e. The lowest BCUT2D eigenvalue weighted by Crippen LogP contribution is -2.04. The van der Waals surface area contributed by atoms with Gasteiger partial charge in [-0.3, -0.25) is 0 Å².